The first kappa shape index (κ1) is 49.3. The number of carbonyl (C=O) groups excluding carboxylic acids is 3. The fourth-order valence-electron chi connectivity index (χ4n) is 3.08. The lowest BCUT2D eigenvalue weighted by Gasteiger charge is -2.36. The summed E-state index contributed by atoms with van der Waals surface area (Å²) in [6.07, 6.45) is 17.3. The number of carbonyl (C=O) groups is 3. The Morgan fingerprint density at radius 1 is 0.477 bits per heavy atom. The zero-order valence-corrected chi connectivity index (χ0v) is 29.0. The number of rotatable bonds is 24. The van der Waals surface area contributed by atoms with Gasteiger partial charge in [-0.3, -0.25) is 14.4 Å². The highest BCUT2D eigenvalue weighted by Crippen LogP contribution is 2.04. The Morgan fingerprint density at radius 3 is 0.886 bits per heavy atom. The third-order valence-corrected chi connectivity index (χ3v) is 5.68. The molecule has 0 aromatic heterocycles. The molecule has 266 valence electrons. The number of phosphoric acid groups is 1. The standard InChI is InChI=1S/3C10H21NO2.H3O4P/c3*1-2-3-9-13-10(12)7-5-4-6-8-11;1-5(2,3)4/h3*2-9,11H2,1H3;(H3,1,2,3,4). The molecule has 0 fully saturated rings. The maximum absolute atomic E-state index is 11.0. The molecule has 0 aromatic rings. The van der Waals surface area contributed by atoms with E-state index in [2.05, 4.69) is 38.0 Å². The number of quaternary nitrogens is 3. The van der Waals surface area contributed by atoms with Crippen molar-refractivity contribution >= 4 is 25.7 Å². The van der Waals surface area contributed by atoms with Gasteiger partial charge in [0.15, 0.2) is 0 Å². The lowest BCUT2D eigenvalue weighted by atomic mass is 10.2. The molecule has 0 saturated carbocycles. The molecule has 0 amide bonds. The molecule has 44 heavy (non-hydrogen) atoms. The van der Waals surface area contributed by atoms with Gasteiger partial charge in [-0.05, 0) is 77.0 Å². The topological polar surface area (TPSA) is 248 Å². The monoisotopic (exact) mass is 659 g/mol. The summed E-state index contributed by atoms with van der Waals surface area (Å²) < 4.78 is 23.6. The number of hydrogen-bond donors (Lipinski definition) is 3. The number of unbranched alkanes of at least 4 members (excludes halogenated alkanes) is 9. The van der Waals surface area contributed by atoms with E-state index < -0.39 is 7.82 Å². The molecule has 0 atom stereocenters. The van der Waals surface area contributed by atoms with Crippen molar-refractivity contribution in [2.75, 3.05) is 39.5 Å². The first-order chi connectivity index (χ1) is 20.9. The van der Waals surface area contributed by atoms with Gasteiger partial charge in [0.1, 0.15) is 0 Å². The molecule has 0 aliphatic heterocycles. The molecule has 14 heteroatoms. The molecule has 0 aromatic carbocycles. The highest BCUT2D eigenvalue weighted by Gasteiger charge is 2.03. The van der Waals surface area contributed by atoms with Crippen LogP contribution in [-0.2, 0) is 33.2 Å². The Kier molecular flexibility index (Phi) is 46.4. The van der Waals surface area contributed by atoms with Gasteiger partial charge in [0.05, 0.1) is 39.5 Å². The minimum Gasteiger partial charge on any atom is -0.822 e. The van der Waals surface area contributed by atoms with Gasteiger partial charge in [0, 0.05) is 19.3 Å². The molecule has 0 aliphatic carbocycles. The summed E-state index contributed by atoms with van der Waals surface area (Å²) in [4.78, 5) is 58.8. The van der Waals surface area contributed by atoms with Crippen LogP contribution in [0.15, 0.2) is 0 Å². The lowest BCUT2D eigenvalue weighted by molar-refractivity contribution is -0.432. The van der Waals surface area contributed by atoms with Gasteiger partial charge in [0.2, 0.25) is 0 Å². The van der Waals surface area contributed by atoms with E-state index >= 15 is 0 Å². The van der Waals surface area contributed by atoms with Gasteiger partial charge in [-0.15, -0.1) is 0 Å². The second-order valence-corrected chi connectivity index (χ2v) is 11.1. The lowest BCUT2D eigenvalue weighted by Crippen LogP contribution is -2.50. The fraction of sp³-hybridized carbons (Fsp3) is 0.900. The van der Waals surface area contributed by atoms with Gasteiger partial charge >= 0.3 is 17.9 Å². The van der Waals surface area contributed by atoms with Crippen molar-refractivity contribution < 1.29 is 65.0 Å². The van der Waals surface area contributed by atoms with Crippen LogP contribution < -0.4 is 31.9 Å². The largest absolute Gasteiger partial charge is 0.822 e. The molecule has 0 aliphatic rings. The molecule has 0 bridgehead atoms. The first-order valence-electron chi connectivity index (χ1n) is 16.5. The second kappa shape index (κ2) is 41.4. The molecular formula is C30H66N3O10P. The third kappa shape index (κ3) is 63.6. The van der Waals surface area contributed by atoms with Crippen LogP contribution in [0.5, 0.6) is 0 Å². The molecule has 0 unspecified atom stereocenters. The van der Waals surface area contributed by atoms with Gasteiger partial charge < -0.3 is 50.7 Å². The van der Waals surface area contributed by atoms with E-state index in [1.165, 1.54) is 0 Å². The predicted molar refractivity (Wildman–Crippen MR) is 164 cm³/mol. The number of hydrogen-bond acceptors (Lipinski definition) is 10. The van der Waals surface area contributed by atoms with Crippen molar-refractivity contribution in [3.8, 4) is 0 Å². The van der Waals surface area contributed by atoms with Gasteiger partial charge in [-0.2, -0.15) is 7.82 Å². The van der Waals surface area contributed by atoms with E-state index in [0.717, 1.165) is 116 Å². The summed E-state index contributed by atoms with van der Waals surface area (Å²) in [5, 5.41) is 0. The highest BCUT2D eigenvalue weighted by molar-refractivity contribution is 7.40. The van der Waals surface area contributed by atoms with E-state index in [4.69, 9.17) is 33.5 Å². The zero-order chi connectivity index (χ0) is 34.3. The molecule has 9 N–H and O–H groups in total. The first-order valence-corrected chi connectivity index (χ1v) is 18.0. The van der Waals surface area contributed by atoms with Crippen molar-refractivity contribution in [3.05, 3.63) is 0 Å². The molecule has 0 rings (SSSR count). The van der Waals surface area contributed by atoms with Crippen LogP contribution in [0.3, 0.4) is 0 Å². The average Bonchev–Trinajstić information content (AvgIpc) is 2.96. The Hall–Kier alpha value is -1.60. The summed E-state index contributed by atoms with van der Waals surface area (Å²) in [5.41, 5.74) is 11.2. The van der Waals surface area contributed by atoms with Crippen molar-refractivity contribution in [1.82, 2.24) is 0 Å². The number of esters is 3. The Labute approximate surface area is 266 Å². The van der Waals surface area contributed by atoms with Crippen LogP contribution in [0.4, 0.5) is 0 Å². The molecule has 13 nitrogen and oxygen atoms in total. The van der Waals surface area contributed by atoms with Gasteiger partial charge in [-0.25, -0.2) is 0 Å². The minimum atomic E-state index is -5.39. The van der Waals surface area contributed by atoms with Crippen LogP contribution in [-0.4, -0.2) is 57.4 Å². The summed E-state index contributed by atoms with van der Waals surface area (Å²) in [7, 11) is -5.39. The van der Waals surface area contributed by atoms with Crippen LogP contribution in [0, 0.1) is 0 Å². The average molecular weight is 660 g/mol. The van der Waals surface area contributed by atoms with Crippen molar-refractivity contribution in [1.29, 1.82) is 0 Å². The smallest absolute Gasteiger partial charge is 0.305 e. The molecule has 0 spiro atoms. The van der Waals surface area contributed by atoms with Gasteiger partial charge in [-0.1, -0.05) is 40.0 Å². The maximum Gasteiger partial charge on any atom is 0.305 e. The molecule has 0 radical (unpaired) electrons. The van der Waals surface area contributed by atoms with E-state index in [9.17, 15) is 14.4 Å². The maximum atomic E-state index is 11.0. The Morgan fingerprint density at radius 2 is 0.705 bits per heavy atom. The van der Waals surface area contributed by atoms with Crippen LogP contribution in [0.1, 0.15) is 136 Å². The van der Waals surface area contributed by atoms with E-state index in [1.54, 1.807) is 0 Å². The van der Waals surface area contributed by atoms with Crippen molar-refractivity contribution in [2.24, 2.45) is 0 Å². The fourth-order valence-corrected chi connectivity index (χ4v) is 3.08. The highest BCUT2D eigenvalue weighted by atomic mass is 31.2. The summed E-state index contributed by atoms with van der Waals surface area (Å²) >= 11 is 0. The molecule has 0 saturated heterocycles. The second-order valence-electron chi connectivity index (χ2n) is 10.2. The summed E-state index contributed by atoms with van der Waals surface area (Å²) in [6, 6.07) is 0. The summed E-state index contributed by atoms with van der Waals surface area (Å²) in [5.74, 6) is -0.132. The van der Waals surface area contributed by atoms with Crippen LogP contribution in [0.2, 0.25) is 0 Å². The van der Waals surface area contributed by atoms with Crippen LogP contribution in [0.25, 0.3) is 0 Å². The summed E-state index contributed by atoms with van der Waals surface area (Å²) in [6.45, 7) is 10.9. The normalized spacial score (nSPS) is 10.2. The zero-order valence-electron chi connectivity index (χ0n) is 28.1. The Bertz CT molecular complexity index is 587. The van der Waals surface area contributed by atoms with E-state index in [1.807, 2.05) is 0 Å². The number of ether oxygens (including phenoxy) is 3. The van der Waals surface area contributed by atoms with E-state index in [-0.39, 0.29) is 17.9 Å². The van der Waals surface area contributed by atoms with Crippen molar-refractivity contribution in [2.45, 2.75) is 136 Å². The minimum absolute atomic E-state index is 0.0440. The third-order valence-electron chi connectivity index (χ3n) is 5.68. The van der Waals surface area contributed by atoms with Crippen LogP contribution >= 0.6 is 7.82 Å². The van der Waals surface area contributed by atoms with E-state index in [0.29, 0.717) is 39.1 Å². The van der Waals surface area contributed by atoms with Gasteiger partial charge in [0.25, 0.3) is 0 Å². The predicted octanol–water partition coefficient (Wildman–Crippen LogP) is 0.571. The molecular weight excluding hydrogens is 593 g/mol. The quantitative estimate of drug-likeness (QED) is 0.0562. The Balaban J connectivity index is -0.000000253. The SMILES string of the molecule is CCCCOC(=O)CCCCC[NH3+].CCCCOC(=O)CCCCC[NH3+].CCCCOC(=O)CCCCC[NH3+].O=P([O-])([O-])[O-]. The van der Waals surface area contributed by atoms with Crippen molar-refractivity contribution in [3.63, 3.8) is 0 Å². The molecule has 0 heterocycles.